The largest absolute Gasteiger partial charge is 0.192 e. The van der Waals surface area contributed by atoms with Crippen LogP contribution in [0.25, 0.3) is 97.7 Å². The van der Waals surface area contributed by atoms with Crippen LogP contribution in [0.5, 0.6) is 0 Å². The molecule has 0 spiro atoms. The van der Waals surface area contributed by atoms with Crippen LogP contribution in [-0.4, -0.2) is 0 Å². The van der Waals surface area contributed by atoms with Gasteiger partial charge >= 0.3 is 0 Å². The standard InChI is InChI=1S/C46H20N4/c47-21-28-16-14-26(18-30(28)23-49)41-39-20-38-33-9-2-1-8-32(33)34-10-5-13-37(43(34)38)44(39)42(27-15-17-29(22-48)31(19-27)24-50)46-36-12-4-7-25-6-3-11-35(40(25)36)45(41)46/h1-20H. The Hall–Kier alpha value is -7.50. The van der Waals surface area contributed by atoms with Gasteiger partial charge in [0.1, 0.15) is 24.3 Å². The normalized spacial score (nSPS) is 11.5. The second-order valence-electron chi connectivity index (χ2n) is 12.8. The minimum Gasteiger partial charge on any atom is -0.192 e. The van der Waals surface area contributed by atoms with Crippen LogP contribution in [0.4, 0.5) is 0 Å². The lowest BCUT2D eigenvalue weighted by atomic mass is 9.83. The Balaban J connectivity index is 1.57. The maximum atomic E-state index is 10.2. The molecule has 10 aromatic rings. The van der Waals surface area contributed by atoms with Crippen molar-refractivity contribution in [2.75, 3.05) is 0 Å². The number of fused-ring (bicyclic) bond motifs is 8. The van der Waals surface area contributed by atoms with E-state index in [2.05, 4.69) is 109 Å². The molecule has 10 aromatic carbocycles. The summed E-state index contributed by atoms with van der Waals surface area (Å²) in [5, 5.41) is 55.6. The quantitative estimate of drug-likeness (QED) is 0.178. The molecule has 0 heterocycles. The Morgan fingerprint density at radius 2 is 0.780 bits per heavy atom. The third kappa shape index (κ3) is 3.44. The summed E-state index contributed by atoms with van der Waals surface area (Å²) < 4.78 is 0. The lowest BCUT2D eigenvalue weighted by Gasteiger charge is -2.19. The van der Waals surface area contributed by atoms with Crippen molar-refractivity contribution in [3.63, 3.8) is 0 Å². The first-order valence-electron chi connectivity index (χ1n) is 16.3. The fourth-order valence-corrected chi connectivity index (χ4v) is 8.51. The second-order valence-corrected chi connectivity index (χ2v) is 12.8. The van der Waals surface area contributed by atoms with Crippen molar-refractivity contribution in [3.05, 3.63) is 144 Å². The van der Waals surface area contributed by atoms with Crippen LogP contribution >= 0.6 is 0 Å². The highest BCUT2D eigenvalue weighted by molar-refractivity contribution is 6.44. The van der Waals surface area contributed by atoms with Crippen molar-refractivity contribution >= 4 is 75.4 Å². The van der Waals surface area contributed by atoms with E-state index in [-0.39, 0.29) is 0 Å². The van der Waals surface area contributed by atoms with Crippen LogP contribution in [0, 0.1) is 45.3 Å². The number of benzene rings is 8. The van der Waals surface area contributed by atoms with E-state index in [1.807, 2.05) is 24.3 Å². The molecule has 0 amide bonds. The molecule has 0 saturated heterocycles. The molecule has 0 radical (unpaired) electrons. The van der Waals surface area contributed by atoms with Crippen LogP contribution in [0.15, 0.2) is 121 Å². The van der Waals surface area contributed by atoms with Gasteiger partial charge in [-0.3, -0.25) is 0 Å². The van der Waals surface area contributed by atoms with Gasteiger partial charge in [0.2, 0.25) is 0 Å². The molecule has 4 heteroatoms. The van der Waals surface area contributed by atoms with E-state index in [0.29, 0.717) is 22.3 Å². The van der Waals surface area contributed by atoms with E-state index in [1.54, 1.807) is 12.1 Å². The molecule has 0 aromatic heterocycles. The summed E-state index contributed by atoms with van der Waals surface area (Å²) in [6.45, 7) is 0. The second kappa shape index (κ2) is 10.0. The van der Waals surface area contributed by atoms with Crippen LogP contribution in [0.1, 0.15) is 22.3 Å². The maximum Gasteiger partial charge on any atom is 0.101 e. The first-order valence-corrected chi connectivity index (χ1v) is 16.3. The number of hydrogen-bond acceptors (Lipinski definition) is 4. The van der Waals surface area contributed by atoms with E-state index in [9.17, 15) is 21.0 Å². The summed E-state index contributed by atoms with van der Waals surface area (Å²) in [6.07, 6.45) is 0. The monoisotopic (exact) mass is 628 g/mol. The Labute approximate surface area is 285 Å². The highest BCUT2D eigenvalue weighted by atomic mass is 14.3. The fourth-order valence-electron chi connectivity index (χ4n) is 8.51. The average molecular weight is 629 g/mol. The topological polar surface area (TPSA) is 95.2 Å². The zero-order valence-corrected chi connectivity index (χ0v) is 26.3. The molecule has 0 atom stereocenters. The Morgan fingerprint density at radius 3 is 1.38 bits per heavy atom. The molecule has 50 heavy (non-hydrogen) atoms. The van der Waals surface area contributed by atoms with E-state index < -0.39 is 0 Å². The van der Waals surface area contributed by atoms with Gasteiger partial charge in [-0.2, -0.15) is 21.0 Å². The van der Waals surface area contributed by atoms with E-state index in [0.717, 1.165) is 76.1 Å². The Kier molecular flexibility index (Phi) is 5.52. The van der Waals surface area contributed by atoms with Crippen molar-refractivity contribution in [1.29, 1.82) is 21.0 Å². The van der Waals surface area contributed by atoms with Gasteiger partial charge in [-0.25, -0.2) is 0 Å². The number of rotatable bonds is 2. The number of hydrogen-bond donors (Lipinski definition) is 0. The van der Waals surface area contributed by atoms with Crippen molar-refractivity contribution in [3.8, 4) is 46.5 Å². The molecule has 0 bridgehead atoms. The van der Waals surface area contributed by atoms with E-state index in [4.69, 9.17) is 0 Å². The Bertz CT molecular complexity index is 3300. The van der Waals surface area contributed by atoms with Crippen molar-refractivity contribution in [2.24, 2.45) is 0 Å². The lowest BCUT2D eigenvalue weighted by molar-refractivity contribution is 1.43. The van der Waals surface area contributed by atoms with Gasteiger partial charge in [0.25, 0.3) is 0 Å². The zero-order chi connectivity index (χ0) is 33.7. The maximum absolute atomic E-state index is 10.2. The average Bonchev–Trinajstić information content (AvgIpc) is 3.68. The molecule has 0 aliphatic carbocycles. The summed E-state index contributed by atoms with van der Waals surface area (Å²) in [5.74, 6) is 0. The zero-order valence-electron chi connectivity index (χ0n) is 26.3. The highest BCUT2D eigenvalue weighted by Gasteiger charge is 2.27. The molecule has 10 rings (SSSR count). The molecule has 0 unspecified atom stereocenters. The summed E-state index contributed by atoms with van der Waals surface area (Å²) in [5.41, 5.74) is 5.02. The lowest BCUT2D eigenvalue weighted by Crippen LogP contribution is -1.94. The summed E-state index contributed by atoms with van der Waals surface area (Å²) >= 11 is 0. The number of nitriles is 4. The SMILES string of the molecule is N#Cc1ccc(-c2c3cc4c5ccccc5c5cccc(c3c(-c3ccc(C#N)c(C#N)c3)c3c6cccc7cccc(c23)c76)c54)cc1C#N. The molecule has 0 saturated carbocycles. The molecular formula is C46H20N4. The smallest absolute Gasteiger partial charge is 0.101 e. The number of nitrogens with zero attached hydrogens (tertiary/aromatic N) is 4. The van der Waals surface area contributed by atoms with Gasteiger partial charge in [-0.1, -0.05) is 91.0 Å². The Morgan fingerprint density at radius 1 is 0.300 bits per heavy atom. The fraction of sp³-hybridized carbons (Fsp3) is 0. The summed E-state index contributed by atoms with van der Waals surface area (Å²) in [7, 11) is 0. The van der Waals surface area contributed by atoms with Gasteiger partial charge in [0.15, 0.2) is 0 Å². The van der Waals surface area contributed by atoms with Crippen LogP contribution in [0.2, 0.25) is 0 Å². The van der Waals surface area contributed by atoms with Gasteiger partial charge in [0, 0.05) is 0 Å². The molecule has 4 nitrogen and oxygen atoms in total. The van der Waals surface area contributed by atoms with Crippen molar-refractivity contribution < 1.29 is 0 Å². The van der Waals surface area contributed by atoms with Gasteiger partial charge in [0.05, 0.1) is 22.3 Å². The van der Waals surface area contributed by atoms with Crippen LogP contribution < -0.4 is 0 Å². The summed E-state index contributed by atoms with van der Waals surface area (Å²) in [6, 6.07) is 50.1. The molecule has 0 N–H and O–H groups in total. The molecule has 224 valence electrons. The van der Waals surface area contributed by atoms with E-state index >= 15 is 0 Å². The minimum absolute atomic E-state index is 0.327. The highest BCUT2D eigenvalue weighted by Crippen LogP contribution is 2.54. The van der Waals surface area contributed by atoms with Gasteiger partial charge in [-0.05, 0) is 128 Å². The predicted octanol–water partition coefficient (Wildman–Crippen LogP) is 11.5. The molecule has 0 aliphatic heterocycles. The van der Waals surface area contributed by atoms with Gasteiger partial charge < -0.3 is 0 Å². The third-order valence-electron chi connectivity index (χ3n) is 10.5. The van der Waals surface area contributed by atoms with E-state index in [1.165, 1.54) is 21.5 Å². The third-order valence-corrected chi connectivity index (χ3v) is 10.5. The predicted molar refractivity (Wildman–Crippen MR) is 201 cm³/mol. The van der Waals surface area contributed by atoms with Gasteiger partial charge in [-0.15, -0.1) is 0 Å². The van der Waals surface area contributed by atoms with Crippen molar-refractivity contribution in [2.45, 2.75) is 0 Å². The molecular weight excluding hydrogens is 609 g/mol. The first kappa shape index (κ1) is 27.6. The first-order chi connectivity index (χ1) is 24.6. The molecule has 0 fully saturated rings. The minimum atomic E-state index is 0.327. The van der Waals surface area contributed by atoms with Crippen LogP contribution in [0.3, 0.4) is 0 Å². The summed E-state index contributed by atoms with van der Waals surface area (Å²) in [4.78, 5) is 0. The van der Waals surface area contributed by atoms with Crippen LogP contribution in [-0.2, 0) is 0 Å². The molecule has 0 aliphatic rings. The van der Waals surface area contributed by atoms with Crippen molar-refractivity contribution in [1.82, 2.24) is 0 Å².